The van der Waals surface area contributed by atoms with Crippen molar-refractivity contribution in [3.63, 3.8) is 0 Å². The summed E-state index contributed by atoms with van der Waals surface area (Å²) in [5, 5.41) is 2.64. The summed E-state index contributed by atoms with van der Waals surface area (Å²) in [6.07, 6.45) is 0. The molecule has 0 saturated heterocycles. The summed E-state index contributed by atoms with van der Waals surface area (Å²) in [4.78, 5) is 4.99. The molecule has 11 rings (SSSR count). The summed E-state index contributed by atoms with van der Waals surface area (Å²) in [6, 6.07) is 75.6. The van der Waals surface area contributed by atoms with E-state index in [0.29, 0.717) is 0 Å². The Bertz CT molecular complexity index is 2910. The average molecular weight is 748 g/mol. The van der Waals surface area contributed by atoms with Gasteiger partial charge in [-0.1, -0.05) is 151 Å². The monoisotopic (exact) mass is 747 g/mol. The Morgan fingerprint density at radius 1 is 0.421 bits per heavy atom. The molecule has 2 aliphatic rings. The average Bonchev–Trinajstić information content (AvgIpc) is 3.58. The molecule has 0 radical (unpaired) electrons. The molecular formula is C54H37NOS. The van der Waals surface area contributed by atoms with Gasteiger partial charge in [0.25, 0.3) is 0 Å². The van der Waals surface area contributed by atoms with Crippen LogP contribution in [0.5, 0.6) is 5.75 Å². The molecule has 0 unspecified atom stereocenters. The number of nitrogens with zero attached hydrogens (tertiary/aromatic N) is 1. The highest BCUT2D eigenvalue weighted by Crippen LogP contribution is 2.57. The highest BCUT2D eigenvalue weighted by Gasteiger charge is 2.46. The van der Waals surface area contributed by atoms with Crippen molar-refractivity contribution in [3.05, 3.63) is 229 Å². The number of hydrogen-bond donors (Lipinski definition) is 0. The van der Waals surface area contributed by atoms with Gasteiger partial charge in [0.15, 0.2) is 0 Å². The number of anilines is 3. The van der Waals surface area contributed by atoms with E-state index in [2.05, 4.69) is 199 Å². The molecule has 0 saturated carbocycles. The Kier molecular flexibility index (Phi) is 7.90. The molecule has 1 aliphatic carbocycles. The minimum Gasteiger partial charge on any atom is -0.497 e. The molecule has 1 aliphatic heterocycles. The van der Waals surface area contributed by atoms with Crippen molar-refractivity contribution >= 4 is 39.6 Å². The van der Waals surface area contributed by atoms with Crippen molar-refractivity contribution in [1.82, 2.24) is 0 Å². The summed E-state index contributed by atoms with van der Waals surface area (Å²) in [5.41, 5.74) is 15.4. The smallest absolute Gasteiger partial charge is 0.119 e. The Morgan fingerprint density at radius 3 is 1.74 bits per heavy atom. The van der Waals surface area contributed by atoms with E-state index >= 15 is 0 Å². The van der Waals surface area contributed by atoms with Crippen molar-refractivity contribution in [2.45, 2.75) is 15.2 Å². The van der Waals surface area contributed by atoms with Crippen molar-refractivity contribution < 1.29 is 4.74 Å². The summed E-state index contributed by atoms with van der Waals surface area (Å²) < 4.78 is 5.60. The first-order valence-corrected chi connectivity index (χ1v) is 20.3. The Morgan fingerprint density at radius 2 is 1.02 bits per heavy atom. The van der Waals surface area contributed by atoms with Gasteiger partial charge in [-0.3, -0.25) is 0 Å². The number of methoxy groups -OCH3 is 1. The lowest BCUT2D eigenvalue weighted by atomic mass is 9.67. The third-order valence-electron chi connectivity index (χ3n) is 11.8. The molecule has 0 aromatic heterocycles. The van der Waals surface area contributed by atoms with Gasteiger partial charge in [0.2, 0.25) is 0 Å². The van der Waals surface area contributed by atoms with Gasteiger partial charge in [-0.2, -0.15) is 0 Å². The number of hydrogen-bond acceptors (Lipinski definition) is 3. The quantitative estimate of drug-likeness (QED) is 0.161. The van der Waals surface area contributed by atoms with Gasteiger partial charge in [0.05, 0.1) is 12.5 Å². The van der Waals surface area contributed by atoms with E-state index < -0.39 is 5.41 Å². The molecule has 2 nitrogen and oxygen atoms in total. The lowest BCUT2D eigenvalue weighted by Gasteiger charge is -2.35. The van der Waals surface area contributed by atoms with Crippen molar-refractivity contribution in [1.29, 1.82) is 0 Å². The van der Waals surface area contributed by atoms with Gasteiger partial charge in [0.1, 0.15) is 5.75 Å². The van der Waals surface area contributed by atoms with Gasteiger partial charge in [-0.05, 0) is 128 Å². The third kappa shape index (κ3) is 5.27. The first-order valence-electron chi connectivity index (χ1n) is 19.4. The van der Waals surface area contributed by atoms with Crippen LogP contribution in [0.15, 0.2) is 216 Å². The van der Waals surface area contributed by atoms with Crippen LogP contribution in [0.25, 0.3) is 44.2 Å². The zero-order valence-corrected chi connectivity index (χ0v) is 32.2. The van der Waals surface area contributed by atoms with Crippen LogP contribution in [0, 0.1) is 0 Å². The van der Waals surface area contributed by atoms with E-state index in [1.165, 1.54) is 76.2 Å². The Labute approximate surface area is 337 Å². The zero-order chi connectivity index (χ0) is 37.9. The van der Waals surface area contributed by atoms with Crippen LogP contribution in [-0.2, 0) is 5.41 Å². The van der Waals surface area contributed by atoms with Gasteiger partial charge < -0.3 is 9.64 Å². The standard InChI is InChI=1S/C54H37NOS/c1-56-44-30-27-42(28-31-44)55(41-25-22-36(23-26-41)38-24-33-51-48(34-38)47-19-10-12-37-13-11-21-52(57-51)53(37)47)43-29-32-46-45-18-8-9-20-49(45)54(50(46)35-43,39-14-4-2-5-15-39)40-16-6-3-7-17-40/h2-35H,1H3. The van der Waals surface area contributed by atoms with Crippen LogP contribution in [0.4, 0.5) is 17.1 Å². The number of ether oxygens (including phenoxy) is 1. The highest BCUT2D eigenvalue weighted by molar-refractivity contribution is 7.99. The highest BCUT2D eigenvalue weighted by atomic mass is 32.2. The Hall–Kier alpha value is -6.81. The molecule has 0 spiro atoms. The molecule has 0 amide bonds. The number of benzene rings is 9. The van der Waals surface area contributed by atoms with Crippen LogP contribution >= 0.6 is 11.8 Å². The maximum absolute atomic E-state index is 5.60. The first kappa shape index (κ1) is 33.5. The molecule has 0 bridgehead atoms. The molecule has 0 atom stereocenters. The van der Waals surface area contributed by atoms with E-state index in [-0.39, 0.29) is 0 Å². The maximum atomic E-state index is 5.60. The predicted octanol–water partition coefficient (Wildman–Crippen LogP) is 14.5. The fourth-order valence-electron chi connectivity index (χ4n) is 9.30. The fourth-order valence-corrected chi connectivity index (χ4v) is 10.4. The summed E-state index contributed by atoms with van der Waals surface area (Å²) in [7, 11) is 1.72. The van der Waals surface area contributed by atoms with Gasteiger partial charge in [-0.15, -0.1) is 0 Å². The molecule has 0 N–H and O–H groups in total. The van der Waals surface area contributed by atoms with E-state index in [1.807, 2.05) is 23.9 Å². The molecule has 1 heterocycles. The largest absolute Gasteiger partial charge is 0.497 e. The van der Waals surface area contributed by atoms with Crippen LogP contribution in [-0.4, -0.2) is 7.11 Å². The number of rotatable bonds is 7. The SMILES string of the molecule is COc1ccc(N(c2ccc(-c3ccc4c(c3)-c3cccc5cccc(c35)S4)cc2)c2ccc3c(c2)C(c2ccccc2)(c2ccccc2)c2ccccc2-3)cc1. The molecular weight excluding hydrogens is 711 g/mol. The van der Waals surface area contributed by atoms with E-state index in [1.54, 1.807) is 7.11 Å². The summed E-state index contributed by atoms with van der Waals surface area (Å²) in [6.45, 7) is 0. The maximum Gasteiger partial charge on any atom is 0.119 e. The Balaban J connectivity index is 1.06. The van der Waals surface area contributed by atoms with Crippen LogP contribution < -0.4 is 9.64 Å². The number of fused-ring (bicyclic) bond motifs is 5. The van der Waals surface area contributed by atoms with Crippen LogP contribution in [0.1, 0.15) is 22.3 Å². The lowest BCUT2D eigenvalue weighted by Crippen LogP contribution is -2.28. The van der Waals surface area contributed by atoms with Crippen molar-refractivity contribution in [3.8, 4) is 39.1 Å². The van der Waals surface area contributed by atoms with Crippen molar-refractivity contribution in [2.24, 2.45) is 0 Å². The topological polar surface area (TPSA) is 12.5 Å². The van der Waals surface area contributed by atoms with Crippen molar-refractivity contribution in [2.75, 3.05) is 12.0 Å². The second kappa shape index (κ2) is 13.4. The summed E-state index contributed by atoms with van der Waals surface area (Å²) >= 11 is 1.87. The minimum absolute atomic E-state index is 0.491. The molecule has 57 heavy (non-hydrogen) atoms. The molecule has 0 fully saturated rings. The normalized spacial score (nSPS) is 13.1. The predicted molar refractivity (Wildman–Crippen MR) is 237 cm³/mol. The molecule has 9 aromatic rings. The van der Waals surface area contributed by atoms with Gasteiger partial charge >= 0.3 is 0 Å². The van der Waals surface area contributed by atoms with E-state index in [4.69, 9.17) is 4.74 Å². The van der Waals surface area contributed by atoms with Crippen LogP contribution in [0.2, 0.25) is 0 Å². The fraction of sp³-hybridized carbons (Fsp3) is 0.0370. The van der Waals surface area contributed by atoms with Crippen LogP contribution in [0.3, 0.4) is 0 Å². The second-order valence-electron chi connectivity index (χ2n) is 14.8. The van der Waals surface area contributed by atoms with E-state index in [9.17, 15) is 0 Å². The molecule has 270 valence electrons. The third-order valence-corrected chi connectivity index (χ3v) is 13.0. The summed E-state index contributed by atoms with van der Waals surface area (Å²) in [5.74, 6) is 0.828. The van der Waals surface area contributed by atoms with Gasteiger partial charge in [-0.25, -0.2) is 0 Å². The molecule has 3 heteroatoms. The minimum atomic E-state index is -0.491. The lowest BCUT2D eigenvalue weighted by molar-refractivity contribution is 0.415. The van der Waals surface area contributed by atoms with E-state index in [0.717, 1.165) is 22.8 Å². The molecule has 9 aromatic carbocycles. The first-order chi connectivity index (χ1) is 28.2. The second-order valence-corrected chi connectivity index (χ2v) is 15.9. The zero-order valence-electron chi connectivity index (χ0n) is 31.4. The van der Waals surface area contributed by atoms with Gasteiger partial charge in [0, 0.05) is 32.2 Å².